The molecule has 0 fully saturated rings. The molecule has 0 radical (unpaired) electrons. The number of carbonyl (C=O) groups excluding carboxylic acids is 1. The van der Waals surface area contributed by atoms with Gasteiger partial charge in [-0.15, -0.1) is 0 Å². The topological polar surface area (TPSA) is 60.2 Å². The predicted molar refractivity (Wildman–Crippen MR) is 84.3 cm³/mol. The Balaban J connectivity index is 2.29. The van der Waals surface area contributed by atoms with E-state index in [4.69, 9.17) is 0 Å². The lowest BCUT2D eigenvalue weighted by molar-refractivity contribution is -0.478. The molecule has 0 bridgehead atoms. The highest BCUT2D eigenvalue weighted by Gasteiger charge is 2.09. The first-order valence-electron chi connectivity index (χ1n) is 7.87. The van der Waals surface area contributed by atoms with Gasteiger partial charge in [-0.1, -0.05) is 63.3 Å². The molecule has 0 spiro atoms. The third kappa shape index (κ3) is 7.59. The van der Waals surface area contributed by atoms with Crippen molar-refractivity contribution in [3.63, 3.8) is 0 Å². The minimum atomic E-state index is -0.454. The summed E-state index contributed by atoms with van der Waals surface area (Å²) >= 11 is 0. The minimum absolute atomic E-state index is 0.0240. The molecule has 0 aliphatic rings. The Morgan fingerprint density at radius 1 is 1.05 bits per heavy atom. The van der Waals surface area contributed by atoms with Crippen molar-refractivity contribution < 1.29 is 9.72 Å². The molecule has 4 heteroatoms. The van der Waals surface area contributed by atoms with Gasteiger partial charge in [0.2, 0.25) is 6.54 Å². The molecular weight excluding hydrogens is 266 g/mol. The van der Waals surface area contributed by atoms with Gasteiger partial charge < -0.3 is 0 Å². The van der Waals surface area contributed by atoms with Crippen molar-refractivity contribution >= 4 is 5.78 Å². The molecule has 4 nitrogen and oxygen atoms in total. The molecule has 116 valence electrons. The highest BCUT2D eigenvalue weighted by molar-refractivity contribution is 5.96. The van der Waals surface area contributed by atoms with Crippen molar-refractivity contribution in [2.24, 2.45) is 0 Å². The van der Waals surface area contributed by atoms with Gasteiger partial charge in [-0.25, -0.2) is 0 Å². The van der Waals surface area contributed by atoms with E-state index in [1.165, 1.54) is 44.1 Å². The third-order valence-electron chi connectivity index (χ3n) is 3.62. The van der Waals surface area contributed by atoms with Crippen molar-refractivity contribution in [3.8, 4) is 0 Å². The molecule has 0 saturated carbocycles. The van der Waals surface area contributed by atoms with Crippen LogP contribution in [0.3, 0.4) is 0 Å². The Labute approximate surface area is 126 Å². The van der Waals surface area contributed by atoms with Crippen LogP contribution in [0.1, 0.15) is 67.8 Å². The zero-order valence-electron chi connectivity index (χ0n) is 12.8. The number of ketones is 1. The van der Waals surface area contributed by atoms with Crippen LogP contribution in [0.5, 0.6) is 0 Å². The molecule has 0 atom stereocenters. The summed E-state index contributed by atoms with van der Waals surface area (Å²) < 4.78 is 0. The fraction of sp³-hybridized carbons (Fsp3) is 0.588. The second-order valence-corrected chi connectivity index (χ2v) is 5.44. The summed E-state index contributed by atoms with van der Waals surface area (Å²) in [5.74, 6) is -0.155. The fourth-order valence-corrected chi connectivity index (χ4v) is 2.30. The van der Waals surface area contributed by atoms with Crippen LogP contribution in [0.4, 0.5) is 0 Å². The minimum Gasteiger partial charge on any atom is -0.294 e. The number of hydrogen-bond acceptors (Lipinski definition) is 3. The van der Waals surface area contributed by atoms with Gasteiger partial charge in [0, 0.05) is 10.5 Å². The van der Waals surface area contributed by atoms with Crippen LogP contribution in [-0.4, -0.2) is 17.3 Å². The Morgan fingerprint density at radius 2 is 1.67 bits per heavy atom. The van der Waals surface area contributed by atoms with Gasteiger partial charge in [-0.3, -0.25) is 14.9 Å². The number of hydrogen-bond donors (Lipinski definition) is 0. The van der Waals surface area contributed by atoms with Gasteiger partial charge in [0.1, 0.15) is 0 Å². The van der Waals surface area contributed by atoms with Crippen molar-refractivity contribution in [2.75, 3.05) is 6.54 Å². The third-order valence-corrected chi connectivity index (χ3v) is 3.62. The molecule has 0 saturated heterocycles. The highest BCUT2D eigenvalue weighted by Crippen LogP contribution is 2.12. The van der Waals surface area contributed by atoms with Crippen LogP contribution in [0.25, 0.3) is 0 Å². The summed E-state index contributed by atoms with van der Waals surface area (Å²) in [7, 11) is 0. The van der Waals surface area contributed by atoms with Crippen LogP contribution >= 0.6 is 0 Å². The van der Waals surface area contributed by atoms with Crippen LogP contribution in [0, 0.1) is 10.1 Å². The van der Waals surface area contributed by atoms with E-state index in [9.17, 15) is 14.9 Å². The van der Waals surface area contributed by atoms with E-state index in [0.29, 0.717) is 5.56 Å². The summed E-state index contributed by atoms with van der Waals surface area (Å²) in [6.45, 7) is 1.92. The molecule has 0 amide bonds. The lowest BCUT2D eigenvalue weighted by Gasteiger charge is -2.04. The molecule has 1 aromatic carbocycles. The van der Waals surface area contributed by atoms with E-state index >= 15 is 0 Å². The summed E-state index contributed by atoms with van der Waals surface area (Å²) in [6, 6.07) is 7.50. The molecule has 1 aromatic rings. The van der Waals surface area contributed by atoms with Crippen LogP contribution in [-0.2, 0) is 6.42 Å². The molecule has 0 aromatic heterocycles. The van der Waals surface area contributed by atoms with Crippen molar-refractivity contribution in [2.45, 2.75) is 58.3 Å². The zero-order chi connectivity index (χ0) is 15.5. The van der Waals surface area contributed by atoms with E-state index in [-0.39, 0.29) is 18.7 Å². The average Bonchev–Trinajstić information content (AvgIpc) is 2.49. The Bertz CT molecular complexity index is 440. The normalized spacial score (nSPS) is 10.5. The maximum absolute atomic E-state index is 11.7. The van der Waals surface area contributed by atoms with Gasteiger partial charge in [-0.05, 0) is 18.4 Å². The van der Waals surface area contributed by atoms with Gasteiger partial charge in [0.15, 0.2) is 5.78 Å². The fourth-order valence-electron chi connectivity index (χ4n) is 2.30. The van der Waals surface area contributed by atoms with Crippen LogP contribution < -0.4 is 0 Å². The number of rotatable bonds is 11. The Kier molecular flexibility index (Phi) is 8.32. The molecule has 1 rings (SSSR count). The van der Waals surface area contributed by atoms with E-state index in [0.717, 1.165) is 6.42 Å². The van der Waals surface area contributed by atoms with Crippen molar-refractivity contribution in [1.29, 1.82) is 0 Å². The summed E-state index contributed by atoms with van der Waals surface area (Å²) in [6.07, 6.45) is 8.65. The number of nitro groups is 1. The number of aryl methyl sites for hydroxylation is 1. The molecule has 0 aliphatic carbocycles. The second-order valence-electron chi connectivity index (χ2n) is 5.44. The highest BCUT2D eigenvalue weighted by atomic mass is 16.6. The molecular formula is C17H25NO3. The molecule has 0 unspecified atom stereocenters. The van der Waals surface area contributed by atoms with Crippen molar-refractivity contribution in [3.05, 3.63) is 45.5 Å². The first kappa shape index (κ1) is 17.3. The second kappa shape index (κ2) is 10.1. The molecule has 0 N–H and O–H groups in total. The standard InChI is InChI=1S/C17H25NO3/c1-2-3-4-5-6-7-8-15-9-11-16(12-10-15)17(19)13-14-18(20)21/h9-12H,2-8,13-14H2,1H3. The van der Waals surface area contributed by atoms with Gasteiger partial charge in [0.05, 0.1) is 6.42 Å². The number of benzene rings is 1. The number of nitrogens with zero attached hydrogens (tertiary/aromatic N) is 1. The quantitative estimate of drug-likeness (QED) is 0.262. The monoisotopic (exact) mass is 291 g/mol. The Morgan fingerprint density at radius 3 is 2.29 bits per heavy atom. The van der Waals surface area contributed by atoms with Gasteiger partial charge >= 0.3 is 0 Å². The smallest absolute Gasteiger partial charge is 0.211 e. The average molecular weight is 291 g/mol. The zero-order valence-corrected chi connectivity index (χ0v) is 12.8. The molecule has 0 heterocycles. The maximum atomic E-state index is 11.7. The van der Waals surface area contributed by atoms with Crippen LogP contribution in [0.2, 0.25) is 0 Å². The van der Waals surface area contributed by atoms with E-state index in [2.05, 4.69) is 6.92 Å². The molecule has 0 aliphatic heterocycles. The van der Waals surface area contributed by atoms with Gasteiger partial charge in [0.25, 0.3) is 0 Å². The largest absolute Gasteiger partial charge is 0.294 e. The van der Waals surface area contributed by atoms with E-state index in [1.807, 2.05) is 12.1 Å². The molecule has 21 heavy (non-hydrogen) atoms. The number of Topliss-reactive ketones (excluding diaryl/α,β-unsaturated/α-hetero) is 1. The Hall–Kier alpha value is -1.71. The number of unbranched alkanes of at least 4 members (excludes halogenated alkanes) is 5. The SMILES string of the molecule is CCCCCCCCc1ccc(C(=O)CC[N+](=O)[O-])cc1. The van der Waals surface area contributed by atoms with E-state index < -0.39 is 4.92 Å². The van der Waals surface area contributed by atoms with Crippen molar-refractivity contribution in [1.82, 2.24) is 0 Å². The lowest BCUT2D eigenvalue weighted by atomic mass is 10.0. The summed E-state index contributed by atoms with van der Waals surface area (Å²) in [5, 5.41) is 10.3. The van der Waals surface area contributed by atoms with E-state index in [1.54, 1.807) is 12.1 Å². The first-order valence-corrected chi connectivity index (χ1v) is 7.87. The van der Waals surface area contributed by atoms with Crippen LogP contribution in [0.15, 0.2) is 24.3 Å². The lowest BCUT2D eigenvalue weighted by Crippen LogP contribution is -2.08. The summed E-state index contributed by atoms with van der Waals surface area (Å²) in [5.41, 5.74) is 1.81. The van der Waals surface area contributed by atoms with Gasteiger partial charge in [-0.2, -0.15) is 0 Å². The maximum Gasteiger partial charge on any atom is 0.211 e. The summed E-state index contributed by atoms with van der Waals surface area (Å²) in [4.78, 5) is 21.5. The number of carbonyl (C=O) groups is 1. The first-order chi connectivity index (χ1) is 10.1. The predicted octanol–water partition coefficient (Wildman–Crippen LogP) is 4.44.